The van der Waals surface area contributed by atoms with Crippen molar-refractivity contribution in [2.24, 2.45) is 0 Å². The van der Waals surface area contributed by atoms with Gasteiger partial charge in [0.05, 0.1) is 42.0 Å². The van der Waals surface area contributed by atoms with Gasteiger partial charge in [-0.1, -0.05) is 24.3 Å². The van der Waals surface area contributed by atoms with Crippen molar-refractivity contribution in [2.75, 3.05) is 26.2 Å². The fourth-order valence-electron chi connectivity index (χ4n) is 5.95. The lowest BCUT2D eigenvalue weighted by atomic mass is 9.84. The second-order valence-corrected chi connectivity index (χ2v) is 9.62. The molecule has 0 bridgehead atoms. The van der Waals surface area contributed by atoms with E-state index in [1.807, 2.05) is 30.3 Å². The molecule has 1 aliphatic heterocycles. The van der Waals surface area contributed by atoms with Gasteiger partial charge in [0.15, 0.2) is 0 Å². The Morgan fingerprint density at radius 1 is 0.590 bits per heavy atom. The number of methoxy groups -OCH3 is 3. The largest absolute Gasteiger partial charge is 0.497 e. The lowest BCUT2D eigenvalue weighted by Gasteiger charge is -2.29. The Bertz CT molecular complexity index is 1990. The second-order valence-electron chi connectivity index (χ2n) is 9.39. The summed E-state index contributed by atoms with van der Waals surface area (Å²) in [5, 5.41) is 7.19. The maximum atomic E-state index is 14.1. The predicted octanol–water partition coefficient (Wildman–Crippen LogP) is 6.73. The van der Waals surface area contributed by atoms with E-state index in [0.29, 0.717) is 39.4 Å². The molecule has 0 aromatic heterocycles. The zero-order chi connectivity index (χ0) is 27.0. The number of imide groups is 1. The average molecular weight is 535 g/mol. The van der Waals surface area contributed by atoms with Crippen molar-refractivity contribution in [3.05, 3.63) is 77.9 Å². The Balaban J connectivity index is 1.60. The maximum absolute atomic E-state index is 14.1. The third-order valence-corrected chi connectivity index (χ3v) is 7.87. The molecule has 39 heavy (non-hydrogen) atoms. The molecule has 6 aromatic rings. The molecule has 6 aromatic carbocycles. The van der Waals surface area contributed by atoms with Crippen molar-refractivity contribution < 1.29 is 28.3 Å². The van der Waals surface area contributed by atoms with Gasteiger partial charge in [-0.05, 0) is 40.4 Å². The van der Waals surface area contributed by atoms with Crippen LogP contribution in [0.15, 0.2) is 66.7 Å². The summed E-state index contributed by atoms with van der Waals surface area (Å²) in [7, 11) is 6.95. The first-order chi connectivity index (χ1) is 19.0. The number of rotatable bonds is 5. The molecule has 0 radical (unpaired) electrons. The van der Waals surface area contributed by atoms with Gasteiger partial charge >= 0.3 is 0 Å². The topological polar surface area (TPSA) is 74.3 Å². The number of carbonyl (C=O) groups is 2. The van der Waals surface area contributed by atoms with Crippen LogP contribution in [0.3, 0.4) is 0 Å². The van der Waals surface area contributed by atoms with Crippen LogP contribution in [-0.2, 0) is 0 Å². The highest BCUT2D eigenvalue weighted by Crippen LogP contribution is 2.49. The molecule has 1 unspecified atom stereocenters. The molecular weight excluding hydrogens is 513 g/mol. The highest BCUT2D eigenvalue weighted by Gasteiger charge is 2.37. The molecule has 0 spiro atoms. The molecule has 7 nitrogen and oxygen atoms in total. The number of nitrogens with zero attached hydrogens (tertiary/aromatic N) is 1. The Morgan fingerprint density at radius 3 is 1.95 bits per heavy atom. The van der Waals surface area contributed by atoms with Crippen molar-refractivity contribution >= 4 is 70.1 Å². The molecule has 0 saturated carbocycles. The van der Waals surface area contributed by atoms with E-state index in [4.69, 9.17) is 18.7 Å². The number of amides is 2. The number of benzene rings is 6. The minimum atomic E-state index is -0.444. The number of anilines is 1. The Morgan fingerprint density at radius 2 is 1.26 bits per heavy atom. The predicted molar refractivity (Wildman–Crippen MR) is 155 cm³/mol. The van der Waals surface area contributed by atoms with Crippen molar-refractivity contribution in [1.82, 2.24) is 0 Å². The van der Waals surface area contributed by atoms with Crippen LogP contribution in [0, 0.1) is 0 Å². The van der Waals surface area contributed by atoms with E-state index in [0.717, 1.165) is 43.5 Å². The van der Waals surface area contributed by atoms with Gasteiger partial charge in [-0.3, -0.25) is 9.59 Å². The summed E-state index contributed by atoms with van der Waals surface area (Å²) in [6, 6.07) is 20.5. The van der Waals surface area contributed by atoms with E-state index in [9.17, 15) is 9.59 Å². The van der Waals surface area contributed by atoms with Gasteiger partial charge in [-0.15, -0.1) is 0 Å². The Kier molecular flexibility index (Phi) is 5.09. The second kappa shape index (κ2) is 8.45. The summed E-state index contributed by atoms with van der Waals surface area (Å²) in [4.78, 5) is 29.2. The van der Waals surface area contributed by atoms with Crippen LogP contribution in [0.1, 0.15) is 20.7 Å². The molecule has 1 atom stereocenters. The SMILES string of the molecule is COc1cc(OC)cc(N2C(=O)c3ccc4c5cccc6c(OP)ccc(c7c(OC)cc(c3c47)C2=O)c65)c1. The smallest absolute Gasteiger partial charge is 0.266 e. The molecule has 0 saturated heterocycles. The van der Waals surface area contributed by atoms with E-state index in [2.05, 4.69) is 15.5 Å². The normalized spacial score (nSPS) is 13.2. The van der Waals surface area contributed by atoms with Crippen LogP contribution in [0.2, 0.25) is 0 Å². The quantitative estimate of drug-likeness (QED) is 0.105. The first-order valence-electron chi connectivity index (χ1n) is 12.2. The van der Waals surface area contributed by atoms with Crippen LogP contribution in [0.4, 0.5) is 5.69 Å². The fourth-order valence-corrected chi connectivity index (χ4v) is 6.15. The van der Waals surface area contributed by atoms with Crippen molar-refractivity contribution in [2.45, 2.75) is 0 Å². The summed E-state index contributed by atoms with van der Waals surface area (Å²) in [5.41, 5.74) is 1.19. The lowest BCUT2D eigenvalue weighted by Crippen LogP contribution is -2.40. The molecule has 1 aliphatic rings. The zero-order valence-electron chi connectivity index (χ0n) is 21.3. The van der Waals surface area contributed by atoms with Crippen LogP contribution >= 0.6 is 9.47 Å². The van der Waals surface area contributed by atoms with Crippen molar-refractivity contribution in [1.29, 1.82) is 0 Å². The summed E-state index contributed by atoms with van der Waals surface area (Å²) in [6.07, 6.45) is 0. The van der Waals surface area contributed by atoms with E-state index in [1.54, 1.807) is 37.4 Å². The Hall–Kier alpha value is -4.61. The Labute approximate surface area is 225 Å². The van der Waals surface area contributed by atoms with Gasteiger partial charge in [0.2, 0.25) is 0 Å². The monoisotopic (exact) mass is 535 g/mol. The number of fused-ring (bicyclic) bond motifs is 2. The number of hydrogen-bond acceptors (Lipinski definition) is 6. The first-order valence-corrected chi connectivity index (χ1v) is 12.7. The summed E-state index contributed by atoms with van der Waals surface area (Å²) >= 11 is 0. The van der Waals surface area contributed by atoms with Gasteiger partial charge in [-0.2, -0.15) is 0 Å². The summed E-state index contributed by atoms with van der Waals surface area (Å²) in [5.74, 6) is 1.37. The molecule has 0 fully saturated rings. The number of ether oxygens (including phenoxy) is 3. The van der Waals surface area contributed by atoms with Crippen LogP contribution in [0.5, 0.6) is 23.0 Å². The minimum Gasteiger partial charge on any atom is -0.497 e. The standard InChI is InChI=1S/C31H22NO6P/c1-35-16-11-15(12-17(13-16)36-2)32-30(33)22-8-7-19-18-5-4-6-20-24(38-39)10-9-21(26(18)20)28-25(37-3)14-23(31(32)34)27(22)29(19)28/h4-14H,39H2,1-3H3. The summed E-state index contributed by atoms with van der Waals surface area (Å²) < 4.78 is 22.3. The number of hydrogen-bond donors (Lipinski definition) is 0. The first kappa shape index (κ1) is 23.5. The van der Waals surface area contributed by atoms with Gasteiger partial charge < -0.3 is 18.7 Å². The molecule has 8 heteroatoms. The molecule has 0 N–H and O–H groups in total. The highest BCUT2D eigenvalue weighted by molar-refractivity contribution is 7.10. The van der Waals surface area contributed by atoms with Gasteiger partial charge in [0, 0.05) is 50.7 Å². The van der Waals surface area contributed by atoms with Crippen LogP contribution < -0.4 is 23.6 Å². The molecular formula is C31H22NO6P. The molecule has 0 aliphatic carbocycles. The summed E-state index contributed by atoms with van der Waals surface area (Å²) in [6.45, 7) is 0. The van der Waals surface area contributed by atoms with Gasteiger partial charge in [0.1, 0.15) is 23.0 Å². The third kappa shape index (κ3) is 3.08. The van der Waals surface area contributed by atoms with Crippen LogP contribution in [0.25, 0.3) is 43.1 Å². The van der Waals surface area contributed by atoms with Gasteiger partial charge in [-0.25, -0.2) is 4.90 Å². The maximum Gasteiger partial charge on any atom is 0.266 e. The highest BCUT2D eigenvalue weighted by atomic mass is 31.0. The van der Waals surface area contributed by atoms with Crippen molar-refractivity contribution in [3.8, 4) is 23.0 Å². The molecule has 2 amide bonds. The zero-order valence-corrected chi connectivity index (χ0v) is 22.5. The molecule has 1 heterocycles. The number of carbonyl (C=O) groups excluding carboxylic acids is 2. The van der Waals surface area contributed by atoms with E-state index in [-0.39, 0.29) is 0 Å². The van der Waals surface area contributed by atoms with E-state index < -0.39 is 11.8 Å². The lowest BCUT2D eigenvalue weighted by molar-refractivity contribution is 0.0893. The van der Waals surface area contributed by atoms with Gasteiger partial charge in [0.25, 0.3) is 11.8 Å². The molecule has 192 valence electrons. The minimum absolute atomic E-state index is 0.360. The molecule has 7 rings (SSSR count). The fraction of sp³-hybridized carbons (Fsp3) is 0.0968. The van der Waals surface area contributed by atoms with E-state index in [1.165, 1.54) is 19.1 Å². The van der Waals surface area contributed by atoms with E-state index >= 15 is 0 Å². The van der Waals surface area contributed by atoms with Crippen molar-refractivity contribution in [3.63, 3.8) is 0 Å². The van der Waals surface area contributed by atoms with Crippen LogP contribution in [-0.4, -0.2) is 33.1 Å². The third-order valence-electron chi connectivity index (χ3n) is 7.61. The average Bonchev–Trinajstić information content (AvgIpc) is 2.98.